The third-order valence-electron chi connectivity index (χ3n) is 4.30. The van der Waals surface area contributed by atoms with Gasteiger partial charge in [0.15, 0.2) is 11.6 Å². The summed E-state index contributed by atoms with van der Waals surface area (Å²) >= 11 is 1.76. The Balaban J connectivity index is 2.26. The number of hydrogen-bond acceptors (Lipinski definition) is 7. The van der Waals surface area contributed by atoms with Crippen molar-refractivity contribution >= 4 is 40.5 Å². The molecule has 0 aliphatic carbocycles. The number of carbonyl (C=O) groups excluding carboxylic acids is 1. The number of halogens is 3. The van der Waals surface area contributed by atoms with E-state index in [1.807, 2.05) is 6.07 Å². The molecule has 10 heteroatoms. The van der Waals surface area contributed by atoms with Crippen molar-refractivity contribution in [1.82, 2.24) is 0 Å². The Morgan fingerprint density at radius 1 is 1.27 bits per heavy atom. The number of aliphatic imine (C=N–C) groups is 1. The summed E-state index contributed by atoms with van der Waals surface area (Å²) in [6.45, 7) is 1.81. The number of rotatable bonds is 11. The average Bonchev–Trinajstić information content (AvgIpc) is 2.79. The number of hydrogen-bond donors (Lipinski definition) is 2. The number of methoxy groups -OCH3 is 1. The van der Waals surface area contributed by atoms with Crippen LogP contribution in [0.1, 0.15) is 29.7 Å². The molecular formula is C23H24F2INO6. The Kier molecular flexibility index (Phi) is 10.8. The van der Waals surface area contributed by atoms with Gasteiger partial charge in [-0.2, -0.15) is 0 Å². The maximum atomic E-state index is 14.2. The summed E-state index contributed by atoms with van der Waals surface area (Å²) in [7, 11) is 1.51. The number of esters is 1. The van der Waals surface area contributed by atoms with Crippen LogP contribution in [0.4, 0.5) is 8.78 Å². The molecule has 0 aliphatic rings. The van der Waals surface area contributed by atoms with Crippen LogP contribution in [0.3, 0.4) is 0 Å². The van der Waals surface area contributed by atoms with Crippen molar-refractivity contribution < 1.29 is 38.0 Å². The largest absolute Gasteiger partial charge is 0.506 e. The summed E-state index contributed by atoms with van der Waals surface area (Å²) in [6, 6.07) is 9.15. The Bertz CT molecular complexity index is 1030. The fourth-order valence-electron chi connectivity index (χ4n) is 2.78. The molecule has 0 saturated carbocycles. The van der Waals surface area contributed by atoms with Gasteiger partial charge in [0.05, 0.1) is 31.4 Å². The van der Waals surface area contributed by atoms with Crippen molar-refractivity contribution in [3.8, 4) is 0 Å². The second kappa shape index (κ2) is 13.3. The van der Waals surface area contributed by atoms with Crippen molar-refractivity contribution in [3.63, 3.8) is 0 Å². The average molecular weight is 575 g/mol. The van der Waals surface area contributed by atoms with Gasteiger partial charge in [0.2, 0.25) is 0 Å². The van der Waals surface area contributed by atoms with Gasteiger partial charge in [0, 0.05) is 16.9 Å². The molecule has 0 aromatic heterocycles. The van der Waals surface area contributed by atoms with E-state index in [9.17, 15) is 23.8 Å². The first-order valence-electron chi connectivity index (χ1n) is 9.87. The molecule has 1 atom stereocenters. The molecule has 2 aromatic rings. The van der Waals surface area contributed by atoms with E-state index in [0.717, 1.165) is 17.8 Å². The summed E-state index contributed by atoms with van der Waals surface area (Å²) in [4.78, 5) is 16.3. The van der Waals surface area contributed by atoms with Gasteiger partial charge >= 0.3 is 5.97 Å². The first-order chi connectivity index (χ1) is 15.8. The molecule has 7 nitrogen and oxygen atoms in total. The molecule has 0 fully saturated rings. The molecule has 0 bridgehead atoms. The fourth-order valence-corrected chi connectivity index (χ4v) is 3.36. The lowest BCUT2D eigenvalue weighted by Gasteiger charge is -2.11. The van der Waals surface area contributed by atoms with Gasteiger partial charge in [0.1, 0.15) is 18.1 Å². The van der Waals surface area contributed by atoms with Gasteiger partial charge in [-0.15, -0.1) is 0 Å². The molecule has 2 rings (SSSR count). The summed E-state index contributed by atoms with van der Waals surface area (Å²) in [6.07, 6.45) is -0.0553. The Morgan fingerprint density at radius 2 is 2.03 bits per heavy atom. The van der Waals surface area contributed by atoms with Crippen LogP contribution in [-0.2, 0) is 25.6 Å². The first kappa shape index (κ1) is 26.8. The highest BCUT2D eigenvalue weighted by Crippen LogP contribution is 2.24. The molecule has 0 saturated heterocycles. The number of ether oxygens (including phenoxy) is 3. The third-order valence-corrected chi connectivity index (χ3v) is 4.93. The van der Waals surface area contributed by atoms with Crippen molar-refractivity contribution in [2.45, 2.75) is 19.6 Å². The Hall–Kier alpha value is -2.41. The lowest BCUT2D eigenvalue weighted by atomic mass is 10.1. The number of benzene rings is 2. The minimum atomic E-state index is -1.31. The zero-order valence-corrected chi connectivity index (χ0v) is 20.2. The van der Waals surface area contributed by atoms with Crippen molar-refractivity contribution in [2.75, 3.05) is 27.1 Å². The molecule has 0 spiro atoms. The summed E-state index contributed by atoms with van der Waals surface area (Å²) in [5, 5.41) is 21.0. The topological polar surface area (TPSA) is 97.6 Å². The van der Waals surface area contributed by atoms with Crippen LogP contribution in [0.15, 0.2) is 47.0 Å². The third kappa shape index (κ3) is 7.84. The highest BCUT2D eigenvalue weighted by Gasteiger charge is 2.21. The standard InChI is InChI=1S/C23H24F2INO6/c1-3-33-23(30)18(22(29)17-8-16(26)9-19(24)21(17)25)10-27-11-20(28)15-6-4-5-14(7-15)12-32-13-31-2/h4-10,20,28-29H,3,11-13H2,1-2H3. The predicted molar refractivity (Wildman–Crippen MR) is 127 cm³/mol. The molecule has 0 aliphatic heterocycles. The van der Waals surface area contributed by atoms with Crippen LogP contribution in [0.5, 0.6) is 0 Å². The molecule has 0 radical (unpaired) electrons. The van der Waals surface area contributed by atoms with Crippen molar-refractivity contribution in [2.24, 2.45) is 4.99 Å². The van der Waals surface area contributed by atoms with E-state index in [-0.39, 0.29) is 19.9 Å². The number of aliphatic hydroxyl groups excluding tert-OH is 2. The van der Waals surface area contributed by atoms with Crippen molar-refractivity contribution in [1.29, 1.82) is 0 Å². The lowest BCUT2D eigenvalue weighted by molar-refractivity contribution is -0.137. The number of nitrogens with zero attached hydrogens (tertiary/aromatic N) is 1. The van der Waals surface area contributed by atoms with E-state index >= 15 is 0 Å². The number of carbonyl (C=O) groups is 1. The molecule has 2 aromatic carbocycles. The van der Waals surface area contributed by atoms with Crippen LogP contribution in [0.25, 0.3) is 5.76 Å². The Labute approximate surface area is 203 Å². The lowest BCUT2D eigenvalue weighted by Crippen LogP contribution is -2.13. The second-order valence-corrected chi connectivity index (χ2v) is 7.99. The highest BCUT2D eigenvalue weighted by molar-refractivity contribution is 14.1. The van der Waals surface area contributed by atoms with Gasteiger partial charge in [-0.1, -0.05) is 24.3 Å². The zero-order chi connectivity index (χ0) is 24.4. The van der Waals surface area contributed by atoms with Crippen LogP contribution >= 0.6 is 22.6 Å². The molecule has 178 valence electrons. The quantitative estimate of drug-likeness (QED) is 0.0606. The van der Waals surface area contributed by atoms with Gasteiger partial charge in [-0.25, -0.2) is 13.6 Å². The maximum absolute atomic E-state index is 14.2. The highest BCUT2D eigenvalue weighted by atomic mass is 127. The minimum Gasteiger partial charge on any atom is -0.506 e. The van der Waals surface area contributed by atoms with Gasteiger partial charge in [-0.05, 0) is 52.8 Å². The van der Waals surface area contributed by atoms with E-state index in [1.54, 1.807) is 47.7 Å². The second-order valence-electron chi connectivity index (χ2n) is 6.74. The van der Waals surface area contributed by atoms with Gasteiger partial charge in [0.25, 0.3) is 0 Å². The first-order valence-corrected chi connectivity index (χ1v) is 10.9. The maximum Gasteiger partial charge on any atom is 0.343 e. The molecule has 0 amide bonds. The van der Waals surface area contributed by atoms with E-state index in [4.69, 9.17) is 14.2 Å². The smallest absolute Gasteiger partial charge is 0.343 e. The van der Waals surface area contributed by atoms with Gasteiger partial charge < -0.3 is 24.4 Å². The van der Waals surface area contributed by atoms with Crippen LogP contribution in [0, 0.1) is 15.2 Å². The van der Waals surface area contributed by atoms with Crippen LogP contribution in [0.2, 0.25) is 0 Å². The fraction of sp³-hybridized carbons (Fsp3) is 0.304. The normalized spacial score (nSPS) is 13.2. The van der Waals surface area contributed by atoms with E-state index in [2.05, 4.69) is 4.99 Å². The molecule has 33 heavy (non-hydrogen) atoms. The Morgan fingerprint density at radius 3 is 2.73 bits per heavy atom. The summed E-state index contributed by atoms with van der Waals surface area (Å²) < 4.78 is 43.3. The van der Waals surface area contributed by atoms with Crippen LogP contribution in [-0.4, -0.2) is 49.5 Å². The van der Waals surface area contributed by atoms with Gasteiger partial charge in [-0.3, -0.25) is 4.99 Å². The molecular weight excluding hydrogens is 551 g/mol. The van der Waals surface area contributed by atoms with E-state index in [1.165, 1.54) is 13.2 Å². The molecule has 1 unspecified atom stereocenters. The zero-order valence-electron chi connectivity index (χ0n) is 18.1. The predicted octanol–water partition coefficient (Wildman–Crippen LogP) is 4.33. The SMILES string of the molecule is CCOC(=O)C(C=NCC(O)c1cccc(COCOC)c1)=C(O)c1cc(I)cc(F)c1F. The van der Waals surface area contributed by atoms with Crippen LogP contribution < -0.4 is 0 Å². The van der Waals surface area contributed by atoms with E-state index in [0.29, 0.717) is 15.7 Å². The number of aliphatic hydroxyl groups is 2. The monoisotopic (exact) mass is 575 g/mol. The van der Waals surface area contributed by atoms with E-state index < -0.39 is 40.6 Å². The summed E-state index contributed by atoms with van der Waals surface area (Å²) in [5.74, 6) is -4.27. The van der Waals surface area contributed by atoms with Crippen molar-refractivity contribution in [3.05, 3.63) is 73.9 Å². The minimum absolute atomic E-state index is 0.00677. The summed E-state index contributed by atoms with van der Waals surface area (Å²) in [5.41, 5.74) is 0.403. The molecule has 0 heterocycles. The molecule has 2 N–H and O–H groups in total.